The standard InChI is InChI=1S/C21H24FN3O2/c1-27-14-20(26)25-11-16-10-24(12-18-7-2-3-8-23-18)13-19(16)21(25)15-5-4-6-17(22)9-15/h2-9,16,19,21H,10-14H2,1H3/t16-,19-,21+/m1/s1. The summed E-state index contributed by atoms with van der Waals surface area (Å²) in [6, 6.07) is 12.5. The number of amides is 1. The van der Waals surface area contributed by atoms with Gasteiger partial charge >= 0.3 is 0 Å². The van der Waals surface area contributed by atoms with Crippen LogP contribution < -0.4 is 0 Å². The van der Waals surface area contributed by atoms with E-state index in [2.05, 4.69) is 9.88 Å². The molecule has 2 saturated heterocycles. The molecular formula is C21H24FN3O2. The van der Waals surface area contributed by atoms with Crippen LogP contribution in [0.4, 0.5) is 4.39 Å². The van der Waals surface area contributed by atoms with Crippen LogP contribution in [-0.4, -0.2) is 54.0 Å². The van der Waals surface area contributed by atoms with E-state index in [1.54, 1.807) is 12.1 Å². The zero-order valence-corrected chi connectivity index (χ0v) is 15.4. The predicted molar refractivity (Wildman–Crippen MR) is 99.2 cm³/mol. The molecule has 0 N–H and O–H groups in total. The largest absolute Gasteiger partial charge is 0.375 e. The Kier molecular flexibility index (Phi) is 5.18. The SMILES string of the molecule is COCC(=O)N1C[C@H]2CN(Cc3ccccn3)C[C@H]2[C@@H]1c1cccc(F)c1. The van der Waals surface area contributed by atoms with Crippen molar-refractivity contribution in [2.45, 2.75) is 12.6 Å². The van der Waals surface area contributed by atoms with Gasteiger partial charge in [-0.1, -0.05) is 18.2 Å². The third-order valence-corrected chi connectivity index (χ3v) is 5.63. The van der Waals surface area contributed by atoms with E-state index in [0.29, 0.717) is 12.5 Å². The molecule has 2 aromatic rings. The molecule has 1 amide bonds. The second-order valence-corrected chi connectivity index (χ2v) is 7.42. The number of carbonyl (C=O) groups excluding carboxylic acids is 1. The van der Waals surface area contributed by atoms with Gasteiger partial charge in [-0.25, -0.2) is 4.39 Å². The molecule has 0 unspecified atom stereocenters. The number of methoxy groups -OCH3 is 1. The van der Waals surface area contributed by atoms with Crippen molar-refractivity contribution < 1.29 is 13.9 Å². The highest BCUT2D eigenvalue weighted by Gasteiger charge is 2.48. The smallest absolute Gasteiger partial charge is 0.249 e. The van der Waals surface area contributed by atoms with Crippen molar-refractivity contribution >= 4 is 5.91 Å². The van der Waals surface area contributed by atoms with Gasteiger partial charge in [-0.15, -0.1) is 0 Å². The molecule has 2 aliphatic rings. The highest BCUT2D eigenvalue weighted by molar-refractivity contribution is 5.78. The van der Waals surface area contributed by atoms with E-state index in [0.717, 1.165) is 30.9 Å². The molecule has 0 saturated carbocycles. The van der Waals surface area contributed by atoms with Crippen molar-refractivity contribution in [2.24, 2.45) is 11.8 Å². The molecule has 3 heterocycles. The summed E-state index contributed by atoms with van der Waals surface area (Å²) >= 11 is 0. The van der Waals surface area contributed by atoms with Gasteiger partial charge < -0.3 is 9.64 Å². The van der Waals surface area contributed by atoms with Crippen LogP contribution in [0.1, 0.15) is 17.3 Å². The van der Waals surface area contributed by atoms with Crippen LogP contribution in [0.3, 0.4) is 0 Å². The number of halogens is 1. The van der Waals surface area contributed by atoms with Crippen molar-refractivity contribution in [3.63, 3.8) is 0 Å². The van der Waals surface area contributed by atoms with Crippen LogP contribution in [0.25, 0.3) is 0 Å². The average molecular weight is 369 g/mol. The first-order valence-corrected chi connectivity index (χ1v) is 9.32. The maximum absolute atomic E-state index is 13.9. The third-order valence-electron chi connectivity index (χ3n) is 5.63. The number of nitrogens with zero attached hydrogens (tertiary/aromatic N) is 3. The van der Waals surface area contributed by atoms with Gasteiger partial charge in [0.1, 0.15) is 12.4 Å². The Hall–Kier alpha value is -2.31. The number of hydrogen-bond donors (Lipinski definition) is 0. The van der Waals surface area contributed by atoms with Gasteiger partial charge in [0.2, 0.25) is 5.91 Å². The summed E-state index contributed by atoms with van der Waals surface area (Å²) in [6.07, 6.45) is 1.81. The maximum atomic E-state index is 13.9. The van der Waals surface area contributed by atoms with Gasteiger partial charge in [-0.3, -0.25) is 14.7 Å². The first-order valence-electron chi connectivity index (χ1n) is 9.32. The monoisotopic (exact) mass is 369 g/mol. The Bertz CT molecular complexity index is 801. The molecule has 0 aliphatic carbocycles. The van der Waals surface area contributed by atoms with Crippen LogP contribution in [0.5, 0.6) is 0 Å². The fourth-order valence-electron chi connectivity index (χ4n) is 4.57. The normalized spacial score (nSPS) is 25.0. The molecule has 27 heavy (non-hydrogen) atoms. The quantitative estimate of drug-likeness (QED) is 0.812. The lowest BCUT2D eigenvalue weighted by molar-refractivity contribution is -0.136. The number of hydrogen-bond acceptors (Lipinski definition) is 4. The predicted octanol–water partition coefficient (Wildman–Crippen LogP) is 2.50. The van der Waals surface area contributed by atoms with Crippen LogP contribution >= 0.6 is 0 Å². The number of benzene rings is 1. The summed E-state index contributed by atoms with van der Waals surface area (Å²) in [5, 5.41) is 0. The van der Waals surface area contributed by atoms with Gasteiger partial charge in [0.15, 0.2) is 0 Å². The number of likely N-dealkylation sites (tertiary alicyclic amines) is 2. The molecule has 0 radical (unpaired) electrons. The molecule has 142 valence electrons. The van der Waals surface area contributed by atoms with Crippen LogP contribution in [0.15, 0.2) is 48.7 Å². The minimum atomic E-state index is -0.265. The molecule has 0 bridgehead atoms. The van der Waals surface area contributed by atoms with Gasteiger partial charge in [-0.2, -0.15) is 0 Å². The number of ether oxygens (including phenoxy) is 1. The Labute approximate surface area is 158 Å². The second-order valence-electron chi connectivity index (χ2n) is 7.42. The first-order chi connectivity index (χ1) is 13.2. The molecule has 5 nitrogen and oxygen atoms in total. The maximum Gasteiger partial charge on any atom is 0.249 e. The van der Waals surface area contributed by atoms with E-state index in [-0.39, 0.29) is 30.3 Å². The molecular weight excluding hydrogens is 345 g/mol. The lowest BCUT2D eigenvalue weighted by Crippen LogP contribution is -2.37. The minimum absolute atomic E-state index is 0.0302. The van der Waals surface area contributed by atoms with E-state index in [1.165, 1.54) is 13.2 Å². The highest BCUT2D eigenvalue weighted by Crippen LogP contribution is 2.45. The third kappa shape index (κ3) is 3.73. The van der Waals surface area contributed by atoms with Crippen molar-refractivity contribution in [1.29, 1.82) is 0 Å². The van der Waals surface area contributed by atoms with Crippen molar-refractivity contribution in [3.05, 3.63) is 65.7 Å². The van der Waals surface area contributed by atoms with Crippen LogP contribution in [0.2, 0.25) is 0 Å². The minimum Gasteiger partial charge on any atom is -0.375 e. The van der Waals surface area contributed by atoms with E-state index in [4.69, 9.17) is 4.74 Å². The van der Waals surface area contributed by atoms with E-state index >= 15 is 0 Å². The van der Waals surface area contributed by atoms with Gasteiger partial charge in [0, 0.05) is 45.4 Å². The van der Waals surface area contributed by atoms with Crippen LogP contribution in [0, 0.1) is 17.7 Å². The lowest BCUT2D eigenvalue weighted by atomic mass is 9.89. The zero-order chi connectivity index (χ0) is 18.8. The number of fused-ring (bicyclic) bond motifs is 1. The molecule has 3 atom stereocenters. The summed E-state index contributed by atoms with van der Waals surface area (Å²) in [5.41, 5.74) is 1.92. The fraction of sp³-hybridized carbons (Fsp3) is 0.429. The molecule has 1 aromatic heterocycles. The average Bonchev–Trinajstić information content (AvgIpc) is 3.20. The summed E-state index contributed by atoms with van der Waals surface area (Å²) in [6.45, 7) is 3.34. The fourth-order valence-corrected chi connectivity index (χ4v) is 4.57. The van der Waals surface area contributed by atoms with Crippen molar-refractivity contribution in [3.8, 4) is 0 Å². The highest BCUT2D eigenvalue weighted by atomic mass is 19.1. The number of rotatable bonds is 5. The topological polar surface area (TPSA) is 45.7 Å². The van der Waals surface area contributed by atoms with E-state index in [1.807, 2.05) is 35.4 Å². The molecule has 2 fully saturated rings. The Morgan fingerprint density at radius 1 is 1.22 bits per heavy atom. The van der Waals surface area contributed by atoms with Gasteiger partial charge in [0.05, 0.1) is 11.7 Å². The van der Waals surface area contributed by atoms with Crippen LogP contribution in [-0.2, 0) is 16.1 Å². The Morgan fingerprint density at radius 3 is 2.85 bits per heavy atom. The van der Waals surface area contributed by atoms with Gasteiger partial charge in [0.25, 0.3) is 0 Å². The number of aromatic nitrogens is 1. The Balaban J connectivity index is 1.56. The summed E-state index contributed by atoms with van der Waals surface area (Å²) < 4.78 is 18.9. The molecule has 1 aromatic carbocycles. The Morgan fingerprint density at radius 2 is 2.11 bits per heavy atom. The molecule has 4 rings (SSSR count). The second kappa shape index (κ2) is 7.74. The molecule has 6 heteroatoms. The zero-order valence-electron chi connectivity index (χ0n) is 15.4. The van der Waals surface area contributed by atoms with Crippen molar-refractivity contribution in [2.75, 3.05) is 33.4 Å². The summed E-state index contributed by atoms with van der Waals surface area (Å²) in [4.78, 5) is 21.3. The van der Waals surface area contributed by atoms with Gasteiger partial charge in [-0.05, 0) is 35.7 Å². The first kappa shape index (κ1) is 18.1. The number of carbonyl (C=O) groups is 1. The summed E-state index contributed by atoms with van der Waals surface area (Å²) in [7, 11) is 1.53. The van der Waals surface area contributed by atoms with Crippen molar-refractivity contribution in [1.82, 2.24) is 14.8 Å². The van der Waals surface area contributed by atoms with E-state index < -0.39 is 0 Å². The number of pyridine rings is 1. The van der Waals surface area contributed by atoms with E-state index in [9.17, 15) is 9.18 Å². The molecule has 2 aliphatic heterocycles. The lowest BCUT2D eigenvalue weighted by Gasteiger charge is -2.30. The summed E-state index contributed by atoms with van der Waals surface area (Å²) in [5.74, 6) is 0.370. The molecule has 0 spiro atoms.